The molecule has 1 heterocycles. The summed E-state index contributed by atoms with van der Waals surface area (Å²) in [7, 11) is -3.85. The van der Waals surface area contributed by atoms with Crippen LogP contribution in [0, 0.1) is 0 Å². The minimum Gasteiger partial charge on any atom is -0.354 e. The molecule has 2 aromatic rings. The fraction of sp³-hybridized carbons (Fsp3) is 0.158. The van der Waals surface area contributed by atoms with E-state index in [9.17, 15) is 18.0 Å². The molecular formula is C19H17Cl2N3O4S. The molecule has 7 nitrogen and oxygen atoms in total. The molecule has 1 aliphatic rings. The van der Waals surface area contributed by atoms with Gasteiger partial charge in [-0.1, -0.05) is 41.4 Å². The zero-order valence-electron chi connectivity index (χ0n) is 15.1. The van der Waals surface area contributed by atoms with E-state index in [1.807, 2.05) is 0 Å². The lowest BCUT2D eigenvalue weighted by atomic mass is 10.2. The summed E-state index contributed by atoms with van der Waals surface area (Å²) in [6.07, 6.45) is 2.78. The van der Waals surface area contributed by atoms with Crippen molar-refractivity contribution in [2.24, 2.45) is 0 Å². The molecule has 0 saturated carbocycles. The fourth-order valence-corrected chi connectivity index (χ4v) is 4.52. The summed E-state index contributed by atoms with van der Waals surface area (Å²) >= 11 is 12.0. The van der Waals surface area contributed by atoms with Crippen molar-refractivity contribution in [3.63, 3.8) is 0 Å². The number of piperazine rings is 1. The van der Waals surface area contributed by atoms with Gasteiger partial charge in [-0.2, -0.15) is 4.31 Å². The van der Waals surface area contributed by atoms with Crippen molar-refractivity contribution < 1.29 is 18.0 Å². The molecule has 0 unspecified atom stereocenters. The maximum atomic E-state index is 12.7. The van der Waals surface area contributed by atoms with E-state index in [-0.39, 0.29) is 30.4 Å². The normalized spacial score (nSPS) is 15.3. The number of hydrogen-bond donors (Lipinski definition) is 2. The summed E-state index contributed by atoms with van der Waals surface area (Å²) in [4.78, 5) is 23.7. The van der Waals surface area contributed by atoms with Crippen LogP contribution in [0.2, 0.25) is 10.0 Å². The van der Waals surface area contributed by atoms with Gasteiger partial charge in [0.25, 0.3) is 0 Å². The molecule has 0 bridgehead atoms. The molecular weight excluding hydrogens is 437 g/mol. The monoisotopic (exact) mass is 453 g/mol. The lowest BCUT2D eigenvalue weighted by molar-refractivity contribution is -0.122. The van der Waals surface area contributed by atoms with E-state index in [1.165, 1.54) is 30.4 Å². The van der Waals surface area contributed by atoms with Crippen LogP contribution in [0.4, 0.5) is 5.69 Å². The maximum Gasteiger partial charge on any atom is 0.248 e. The van der Waals surface area contributed by atoms with E-state index < -0.39 is 15.9 Å². The van der Waals surface area contributed by atoms with Crippen LogP contribution in [-0.2, 0) is 19.6 Å². The van der Waals surface area contributed by atoms with Crippen molar-refractivity contribution >= 4 is 56.8 Å². The molecule has 0 radical (unpaired) electrons. The third-order valence-electron chi connectivity index (χ3n) is 4.14. The Labute approximate surface area is 178 Å². The maximum absolute atomic E-state index is 12.7. The molecule has 152 valence electrons. The van der Waals surface area contributed by atoms with Gasteiger partial charge in [-0.05, 0) is 35.9 Å². The first-order valence-corrected chi connectivity index (χ1v) is 10.8. The molecule has 3 rings (SSSR count). The van der Waals surface area contributed by atoms with Gasteiger partial charge < -0.3 is 10.6 Å². The number of rotatable bonds is 5. The number of sulfonamides is 1. The van der Waals surface area contributed by atoms with Gasteiger partial charge in [0.05, 0.1) is 21.5 Å². The number of anilines is 1. The second-order valence-corrected chi connectivity index (χ2v) is 8.91. The zero-order valence-corrected chi connectivity index (χ0v) is 17.4. The number of carbonyl (C=O) groups excluding carboxylic acids is 2. The second-order valence-electron chi connectivity index (χ2n) is 6.18. The summed E-state index contributed by atoms with van der Waals surface area (Å²) < 4.78 is 26.6. The van der Waals surface area contributed by atoms with Gasteiger partial charge in [0.2, 0.25) is 21.8 Å². The Bertz CT molecular complexity index is 1090. The van der Waals surface area contributed by atoms with E-state index >= 15 is 0 Å². The van der Waals surface area contributed by atoms with Crippen molar-refractivity contribution in [3.05, 3.63) is 64.1 Å². The highest BCUT2D eigenvalue weighted by Gasteiger charge is 2.29. The Morgan fingerprint density at radius 1 is 1.17 bits per heavy atom. The Morgan fingerprint density at radius 3 is 2.69 bits per heavy atom. The van der Waals surface area contributed by atoms with E-state index in [0.717, 1.165) is 4.31 Å². The first kappa shape index (κ1) is 21.3. The molecule has 1 aliphatic heterocycles. The number of halogens is 2. The largest absolute Gasteiger partial charge is 0.354 e. The fourth-order valence-electron chi connectivity index (χ4n) is 2.70. The Balaban J connectivity index is 1.74. The summed E-state index contributed by atoms with van der Waals surface area (Å²) in [6.45, 7) is 0.210. The topological polar surface area (TPSA) is 95.6 Å². The second kappa shape index (κ2) is 8.96. The molecule has 2 N–H and O–H groups in total. The van der Waals surface area contributed by atoms with Gasteiger partial charge in [0.15, 0.2) is 0 Å². The van der Waals surface area contributed by atoms with Gasteiger partial charge in [-0.15, -0.1) is 0 Å². The van der Waals surface area contributed by atoms with Crippen molar-refractivity contribution in [3.8, 4) is 0 Å². The highest BCUT2D eigenvalue weighted by atomic mass is 35.5. The minimum absolute atomic E-state index is 0.00753. The van der Waals surface area contributed by atoms with Crippen LogP contribution in [0.25, 0.3) is 6.08 Å². The molecule has 0 spiro atoms. The smallest absolute Gasteiger partial charge is 0.248 e. The Kier molecular flexibility index (Phi) is 6.59. The van der Waals surface area contributed by atoms with Crippen molar-refractivity contribution in [1.29, 1.82) is 0 Å². The number of nitrogens with one attached hydrogen (secondary N) is 2. The molecule has 0 atom stereocenters. The number of nitrogens with zero attached hydrogens (tertiary/aromatic N) is 1. The lowest BCUT2D eigenvalue weighted by Gasteiger charge is -2.26. The molecule has 2 amide bonds. The van der Waals surface area contributed by atoms with Crippen LogP contribution in [0.15, 0.2) is 53.4 Å². The predicted octanol–water partition coefficient (Wildman–Crippen LogP) is 2.77. The third kappa shape index (κ3) is 5.16. The summed E-state index contributed by atoms with van der Waals surface area (Å²) in [5.41, 5.74) is 0.883. The van der Waals surface area contributed by atoms with Gasteiger partial charge in [-0.3, -0.25) is 9.59 Å². The lowest BCUT2D eigenvalue weighted by Crippen LogP contribution is -2.49. The number of benzene rings is 2. The summed E-state index contributed by atoms with van der Waals surface area (Å²) in [6, 6.07) is 10.9. The standard InChI is InChI=1S/C19H17Cl2N3O4S/c20-16-6-1-3-13(19(16)21)7-8-17(25)23-14-4-2-5-15(11-14)29(27,28)24-10-9-22-18(26)12-24/h1-8,11H,9-10,12H2,(H,22,26)(H,23,25). The zero-order chi connectivity index (χ0) is 21.0. The minimum atomic E-state index is -3.85. The predicted molar refractivity (Wildman–Crippen MR) is 112 cm³/mol. The average Bonchev–Trinajstić information content (AvgIpc) is 2.69. The summed E-state index contributed by atoms with van der Waals surface area (Å²) in [5.74, 6) is -0.818. The number of carbonyl (C=O) groups is 2. The first-order valence-electron chi connectivity index (χ1n) is 8.57. The van der Waals surface area contributed by atoms with Crippen molar-refractivity contribution in [2.75, 3.05) is 25.0 Å². The molecule has 1 fully saturated rings. The molecule has 0 aliphatic carbocycles. The van der Waals surface area contributed by atoms with Crippen LogP contribution < -0.4 is 10.6 Å². The van der Waals surface area contributed by atoms with Crippen molar-refractivity contribution in [1.82, 2.24) is 9.62 Å². The molecule has 29 heavy (non-hydrogen) atoms. The van der Waals surface area contributed by atoms with E-state index in [1.54, 1.807) is 24.3 Å². The van der Waals surface area contributed by atoms with Crippen LogP contribution in [0.3, 0.4) is 0 Å². The van der Waals surface area contributed by atoms with Crippen LogP contribution in [0.1, 0.15) is 5.56 Å². The molecule has 2 aromatic carbocycles. The quantitative estimate of drug-likeness (QED) is 0.680. The highest BCUT2D eigenvalue weighted by Crippen LogP contribution is 2.26. The first-order chi connectivity index (χ1) is 13.8. The van der Waals surface area contributed by atoms with Gasteiger partial charge in [-0.25, -0.2) is 8.42 Å². The van der Waals surface area contributed by atoms with E-state index in [0.29, 0.717) is 21.3 Å². The Morgan fingerprint density at radius 2 is 1.93 bits per heavy atom. The van der Waals surface area contributed by atoms with Gasteiger partial charge in [0, 0.05) is 24.9 Å². The van der Waals surface area contributed by atoms with Crippen LogP contribution in [-0.4, -0.2) is 44.2 Å². The number of hydrogen-bond acceptors (Lipinski definition) is 4. The average molecular weight is 454 g/mol. The third-order valence-corrected chi connectivity index (χ3v) is 6.81. The van der Waals surface area contributed by atoms with E-state index in [4.69, 9.17) is 23.2 Å². The summed E-state index contributed by atoms with van der Waals surface area (Å²) in [5, 5.41) is 5.89. The van der Waals surface area contributed by atoms with E-state index in [2.05, 4.69) is 10.6 Å². The van der Waals surface area contributed by atoms with Crippen LogP contribution >= 0.6 is 23.2 Å². The number of amides is 2. The Hall–Kier alpha value is -2.39. The molecule has 0 aromatic heterocycles. The van der Waals surface area contributed by atoms with Crippen molar-refractivity contribution in [2.45, 2.75) is 4.90 Å². The molecule has 10 heteroatoms. The SMILES string of the molecule is O=C(C=Cc1cccc(Cl)c1Cl)Nc1cccc(S(=O)(=O)N2CCNC(=O)C2)c1. The molecule has 1 saturated heterocycles. The highest BCUT2D eigenvalue weighted by molar-refractivity contribution is 7.89. The van der Waals surface area contributed by atoms with Gasteiger partial charge >= 0.3 is 0 Å². The van der Waals surface area contributed by atoms with Crippen LogP contribution in [0.5, 0.6) is 0 Å². The van der Waals surface area contributed by atoms with Gasteiger partial charge in [0.1, 0.15) is 0 Å².